The summed E-state index contributed by atoms with van der Waals surface area (Å²) >= 11 is 0. The van der Waals surface area contributed by atoms with Crippen molar-refractivity contribution in [3.05, 3.63) is 103 Å². The summed E-state index contributed by atoms with van der Waals surface area (Å²) in [4.78, 5) is 10.5. The smallest absolute Gasteiger partial charge is 0.161 e. The van der Waals surface area contributed by atoms with E-state index < -0.39 is 7.53 Å². The molecule has 0 aliphatic carbocycles. The number of aromatic amines is 1. The van der Waals surface area contributed by atoms with Crippen LogP contribution in [0.15, 0.2) is 97.1 Å². The van der Waals surface area contributed by atoms with Gasteiger partial charge in [0.2, 0.25) is 0 Å². The van der Waals surface area contributed by atoms with E-state index in [1.807, 2.05) is 18.2 Å². The fourth-order valence-corrected chi connectivity index (χ4v) is 8.99. The summed E-state index contributed by atoms with van der Waals surface area (Å²) in [6, 6.07) is 34.2. The molecule has 4 nitrogen and oxygen atoms in total. The zero-order valence-corrected chi connectivity index (χ0v) is 23.4. The number of aryl methyl sites for hydroxylation is 1. The van der Waals surface area contributed by atoms with Crippen LogP contribution < -0.4 is 0 Å². The number of hydrogen-bond acceptors (Lipinski definition) is 3. The lowest BCUT2D eigenvalue weighted by molar-refractivity contribution is 0.721. The Bertz CT molecular complexity index is 2010. The van der Waals surface area contributed by atoms with Crippen molar-refractivity contribution < 1.29 is 0 Å². The molecule has 39 heavy (non-hydrogen) atoms. The summed E-state index contributed by atoms with van der Waals surface area (Å²) in [5, 5.41) is 14.6. The summed E-state index contributed by atoms with van der Waals surface area (Å²) in [5.74, 6) is 0.754. The van der Waals surface area contributed by atoms with Crippen LogP contribution in [-0.4, -0.2) is 20.2 Å². The lowest BCUT2D eigenvalue weighted by Crippen LogP contribution is -2.01. The minimum Gasteiger partial charge on any atom is -0.282 e. The Hall–Kier alpha value is -4.27. The number of para-hydroxylation sites is 1. The summed E-state index contributed by atoms with van der Waals surface area (Å²) in [7, 11) is -0.609. The topological polar surface area (TPSA) is 54.5 Å². The van der Waals surface area contributed by atoms with Gasteiger partial charge in [-0.2, -0.15) is 5.10 Å². The van der Waals surface area contributed by atoms with Crippen molar-refractivity contribution in [3.63, 3.8) is 0 Å². The Labute approximate surface area is 228 Å². The number of nitrogens with one attached hydrogen (secondary N) is 1. The van der Waals surface area contributed by atoms with Gasteiger partial charge in [0.25, 0.3) is 0 Å². The maximum atomic E-state index is 5.31. The number of aromatic nitrogens is 4. The third-order valence-corrected chi connectivity index (χ3v) is 10.6. The van der Waals surface area contributed by atoms with Gasteiger partial charge < -0.3 is 0 Å². The van der Waals surface area contributed by atoms with Crippen LogP contribution in [0.5, 0.6) is 0 Å². The molecule has 3 heterocycles. The van der Waals surface area contributed by atoms with E-state index in [0.29, 0.717) is 0 Å². The second-order valence-electron chi connectivity index (χ2n) is 11.1. The third-order valence-electron chi connectivity index (χ3n) is 7.44. The highest BCUT2D eigenvalue weighted by molar-refractivity contribution is 7.62. The zero-order chi connectivity index (χ0) is 26.7. The molecule has 7 rings (SSSR count). The van der Waals surface area contributed by atoms with Gasteiger partial charge in [-0.1, -0.05) is 112 Å². The van der Waals surface area contributed by atoms with Crippen molar-refractivity contribution in [3.8, 4) is 33.9 Å². The molecule has 0 radical (unpaired) electrons. The summed E-state index contributed by atoms with van der Waals surface area (Å²) in [5.41, 5.74) is 6.96. The zero-order valence-electron chi connectivity index (χ0n) is 22.5. The Morgan fingerprint density at radius 3 is 2.15 bits per heavy atom. The summed E-state index contributed by atoms with van der Waals surface area (Å²) in [6.07, 6.45) is 0. The Kier molecular flexibility index (Phi) is 5.43. The Morgan fingerprint density at radius 2 is 1.36 bits per heavy atom. The van der Waals surface area contributed by atoms with E-state index in [4.69, 9.17) is 15.1 Å². The van der Waals surface area contributed by atoms with Crippen LogP contribution in [0.1, 0.15) is 26.5 Å². The largest absolute Gasteiger partial charge is 0.282 e. The number of H-pyrrole nitrogens is 1. The van der Waals surface area contributed by atoms with E-state index >= 15 is 0 Å². The van der Waals surface area contributed by atoms with E-state index in [1.54, 1.807) is 0 Å². The number of nitrogens with zero attached hydrogens (tertiary/aromatic N) is 3. The predicted molar refractivity (Wildman–Crippen MR) is 165 cm³/mol. The molecule has 0 saturated carbocycles. The molecule has 0 spiro atoms. The van der Waals surface area contributed by atoms with Gasteiger partial charge >= 0.3 is 0 Å². The number of rotatable bonds is 3. The van der Waals surface area contributed by atoms with Crippen molar-refractivity contribution in [2.45, 2.75) is 32.9 Å². The first-order valence-electron chi connectivity index (χ1n) is 13.3. The molecule has 3 aromatic heterocycles. The molecular formula is C34H29N4P. The molecule has 4 aromatic carbocycles. The average molecular weight is 525 g/mol. The molecule has 0 saturated heterocycles. The van der Waals surface area contributed by atoms with Crippen molar-refractivity contribution in [2.75, 3.05) is 0 Å². The number of benzene rings is 4. The van der Waals surface area contributed by atoms with E-state index in [9.17, 15) is 0 Å². The highest BCUT2D eigenvalue weighted by atomic mass is 31.1. The Morgan fingerprint density at radius 1 is 0.667 bits per heavy atom. The van der Waals surface area contributed by atoms with Crippen molar-refractivity contribution in [1.29, 1.82) is 0 Å². The molecule has 0 amide bonds. The lowest BCUT2D eigenvalue weighted by atomic mass is 10.00. The van der Waals surface area contributed by atoms with Gasteiger partial charge in [-0.3, -0.25) is 5.10 Å². The molecule has 0 aliphatic heterocycles. The molecule has 7 aromatic rings. The van der Waals surface area contributed by atoms with E-state index in [2.05, 4.69) is 112 Å². The minimum atomic E-state index is -0.609. The van der Waals surface area contributed by atoms with Gasteiger partial charge in [-0.15, -0.1) is 7.53 Å². The molecule has 0 fully saturated rings. The van der Waals surface area contributed by atoms with Crippen LogP contribution in [0.4, 0.5) is 0 Å². The number of fused-ring (bicyclic) bond motifs is 4. The van der Waals surface area contributed by atoms with E-state index in [-0.39, 0.29) is 5.16 Å². The highest BCUT2D eigenvalue weighted by Gasteiger charge is 2.26. The van der Waals surface area contributed by atoms with Gasteiger partial charge in [0.1, 0.15) is 11.4 Å². The molecule has 1 N–H and O–H groups in total. The number of hydrogen-bond donors (Lipinski definition) is 1. The van der Waals surface area contributed by atoms with Crippen LogP contribution in [0, 0.1) is 6.92 Å². The SMILES string of the molecule is Cc1[nH]nc(-c2nc(-c3cccc4c5ccccc5p(C(C)(C)C)c34)nc3ccccc23)c1-c1ccccc1. The summed E-state index contributed by atoms with van der Waals surface area (Å²) in [6.45, 7) is 9.13. The van der Waals surface area contributed by atoms with Gasteiger partial charge in [0.05, 0.1) is 5.52 Å². The first-order valence-corrected chi connectivity index (χ1v) is 14.7. The molecule has 0 bridgehead atoms. The molecule has 0 aliphatic rings. The first-order chi connectivity index (χ1) is 18.9. The van der Waals surface area contributed by atoms with Crippen LogP contribution in [0.25, 0.3) is 65.8 Å². The molecular weight excluding hydrogens is 495 g/mol. The van der Waals surface area contributed by atoms with Crippen LogP contribution in [0.2, 0.25) is 0 Å². The molecule has 1 atom stereocenters. The van der Waals surface area contributed by atoms with Crippen molar-refractivity contribution in [2.24, 2.45) is 0 Å². The monoisotopic (exact) mass is 524 g/mol. The van der Waals surface area contributed by atoms with Gasteiger partial charge in [-0.25, -0.2) is 9.97 Å². The van der Waals surface area contributed by atoms with Crippen LogP contribution in [-0.2, 0) is 5.16 Å². The molecule has 5 heteroatoms. The van der Waals surface area contributed by atoms with Gasteiger partial charge in [-0.05, 0) is 29.3 Å². The van der Waals surface area contributed by atoms with Crippen LogP contribution in [0.3, 0.4) is 0 Å². The third kappa shape index (κ3) is 3.78. The maximum absolute atomic E-state index is 5.31. The van der Waals surface area contributed by atoms with E-state index in [0.717, 1.165) is 50.5 Å². The molecule has 1 unspecified atom stereocenters. The van der Waals surface area contributed by atoms with E-state index in [1.165, 1.54) is 21.0 Å². The maximum Gasteiger partial charge on any atom is 0.161 e. The average Bonchev–Trinajstić information content (AvgIpc) is 3.51. The van der Waals surface area contributed by atoms with Gasteiger partial charge in [0, 0.05) is 37.6 Å². The second-order valence-corrected chi connectivity index (χ2v) is 14.0. The fourth-order valence-electron chi connectivity index (χ4n) is 5.83. The Balaban J connectivity index is 1.57. The normalized spacial score (nSPS) is 12.6. The van der Waals surface area contributed by atoms with Crippen molar-refractivity contribution in [1.82, 2.24) is 20.2 Å². The molecule has 190 valence electrons. The quantitative estimate of drug-likeness (QED) is 0.250. The van der Waals surface area contributed by atoms with Gasteiger partial charge in [0.15, 0.2) is 5.82 Å². The highest BCUT2D eigenvalue weighted by Crippen LogP contribution is 2.60. The van der Waals surface area contributed by atoms with Crippen LogP contribution >= 0.6 is 7.53 Å². The second kappa shape index (κ2) is 8.90. The first kappa shape index (κ1) is 23.8. The fraction of sp³-hybridized carbons (Fsp3) is 0.147. The lowest BCUT2D eigenvalue weighted by Gasteiger charge is -2.21. The van der Waals surface area contributed by atoms with Crippen molar-refractivity contribution >= 4 is 39.4 Å². The standard InChI is InChI=1S/C34H29N4P/c1-21-29(22-13-6-5-7-14-22)31(38-37-21)30-25-16-8-10-19-27(25)35-33(36-30)26-18-12-17-24-23-15-9-11-20-28(23)39(32(24)26)34(2,3)4/h5-20H,1-4H3,(H,37,38). The predicted octanol–water partition coefficient (Wildman–Crippen LogP) is 9.71. The summed E-state index contributed by atoms with van der Waals surface area (Å²) < 4.78 is 0. The minimum absolute atomic E-state index is 0.0895.